The summed E-state index contributed by atoms with van der Waals surface area (Å²) in [4.78, 5) is 12.0. The molecule has 3 nitrogen and oxygen atoms in total. The van der Waals surface area contributed by atoms with E-state index in [0.29, 0.717) is 11.8 Å². The van der Waals surface area contributed by atoms with Gasteiger partial charge >= 0.3 is 0 Å². The third-order valence-electron chi connectivity index (χ3n) is 5.30. The van der Waals surface area contributed by atoms with E-state index < -0.39 is 0 Å². The molecule has 0 aromatic carbocycles. The minimum Gasteiger partial charge on any atom is -0.368 e. The minimum absolute atomic E-state index is 0.0943. The molecule has 4 saturated carbocycles. The molecule has 1 amide bonds. The lowest BCUT2D eigenvalue weighted by Crippen LogP contribution is -2.70. The van der Waals surface area contributed by atoms with Crippen LogP contribution in [-0.2, 0) is 4.79 Å². The zero-order valence-electron chi connectivity index (χ0n) is 10.0. The van der Waals surface area contributed by atoms with Crippen molar-refractivity contribution in [1.29, 1.82) is 0 Å². The van der Waals surface area contributed by atoms with Crippen LogP contribution in [0.15, 0.2) is 0 Å². The first kappa shape index (κ1) is 10.6. The maximum absolute atomic E-state index is 12.0. The Balaban J connectivity index is 1.96. The van der Waals surface area contributed by atoms with E-state index in [0.717, 1.165) is 18.4 Å². The molecule has 4 fully saturated rings. The van der Waals surface area contributed by atoms with Gasteiger partial charge in [-0.1, -0.05) is 6.92 Å². The third-order valence-corrected chi connectivity index (χ3v) is 5.30. The Hall–Kier alpha value is -0.570. The first-order valence-electron chi connectivity index (χ1n) is 6.71. The summed E-state index contributed by atoms with van der Waals surface area (Å²) in [6.07, 6.45) is 6.31. The fraction of sp³-hybridized carbons (Fsp3) is 0.923. The summed E-state index contributed by atoms with van der Waals surface area (Å²) >= 11 is 0. The number of carbonyl (C=O) groups excluding carboxylic acids is 1. The Morgan fingerprint density at radius 2 is 1.69 bits per heavy atom. The maximum Gasteiger partial charge on any atom is 0.238 e. The molecule has 4 bridgehead atoms. The molecule has 4 rings (SSSR count). The monoisotopic (exact) mass is 222 g/mol. The van der Waals surface area contributed by atoms with Gasteiger partial charge in [0.25, 0.3) is 0 Å². The predicted molar refractivity (Wildman–Crippen MR) is 62.6 cm³/mol. The lowest BCUT2D eigenvalue weighted by atomic mass is 9.48. The fourth-order valence-corrected chi connectivity index (χ4v) is 5.00. The van der Waals surface area contributed by atoms with Crippen LogP contribution in [0.5, 0.6) is 0 Å². The van der Waals surface area contributed by atoms with Gasteiger partial charge in [0.1, 0.15) is 5.54 Å². The van der Waals surface area contributed by atoms with Gasteiger partial charge in [-0.05, 0) is 62.3 Å². The van der Waals surface area contributed by atoms with Gasteiger partial charge in [0.05, 0.1) is 0 Å². The van der Waals surface area contributed by atoms with Crippen LogP contribution in [0.3, 0.4) is 0 Å². The molecule has 4 aliphatic rings. The van der Waals surface area contributed by atoms with E-state index >= 15 is 0 Å². The normalized spacial score (nSPS) is 49.6. The zero-order chi connectivity index (χ0) is 11.3. The lowest BCUT2D eigenvalue weighted by Gasteiger charge is -2.60. The average Bonchev–Trinajstić information content (AvgIpc) is 2.22. The molecule has 0 saturated heterocycles. The molecule has 0 aliphatic heterocycles. The molecule has 0 heterocycles. The molecule has 0 radical (unpaired) electrons. The minimum atomic E-state index is -0.359. The lowest BCUT2D eigenvalue weighted by molar-refractivity contribution is -0.143. The molecular weight excluding hydrogens is 200 g/mol. The Morgan fingerprint density at radius 1 is 1.19 bits per heavy atom. The number of likely N-dealkylation sites (N-methyl/N-ethyl adjacent to an activating group) is 1. The molecule has 0 atom stereocenters. The highest BCUT2D eigenvalue weighted by Gasteiger charge is 2.59. The highest BCUT2D eigenvalue weighted by molar-refractivity contribution is 5.86. The third kappa shape index (κ3) is 1.21. The van der Waals surface area contributed by atoms with Crippen LogP contribution >= 0.6 is 0 Å². The van der Waals surface area contributed by atoms with Crippen LogP contribution < -0.4 is 11.1 Å². The van der Waals surface area contributed by atoms with Crippen LogP contribution in [0.4, 0.5) is 0 Å². The van der Waals surface area contributed by atoms with E-state index in [1.54, 1.807) is 0 Å². The number of hydrogen-bond acceptors (Lipinski definition) is 2. The second kappa shape index (κ2) is 3.46. The summed E-state index contributed by atoms with van der Waals surface area (Å²) < 4.78 is 0. The van der Waals surface area contributed by atoms with Crippen molar-refractivity contribution in [2.75, 3.05) is 6.54 Å². The zero-order valence-corrected chi connectivity index (χ0v) is 10.0. The highest BCUT2D eigenvalue weighted by atomic mass is 16.1. The quantitative estimate of drug-likeness (QED) is 0.755. The van der Waals surface area contributed by atoms with Crippen LogP contribution in [0.2, 0.25) is 0 Å². The van der Waals surface area contributed by atoms with Crippen LogP contribution in [0.25, 0.3) is 0 Å². The molecule has 3 heteroatoms. The SMILES string of the molecule is CCNC1(C(N)=O)C2CC3CC(C2)CC1C3. The molecule has 16 heavy (non-hydrogen) atoms. The molecule has 0 unspecified atom stereocenters. The molecule has 90 valence electrons. The Morgan fingerprint density at radius 3 is 2.06 bits per heavy atom. The van der Waals surface area contributed by atoms with Gasteiger partial charge in [-0.3, -0.25) is 4.79 Å². The van der Waals surface area contributed by atoms with Crippen molar-refractivity contribution >= 4 is 5.91 Å². The summed E-state index contributed by atoms with van der Waals surface area (Å²) in [6, 6.07) is 0. The molecular formula is C13H22N2O. The largest absolute Gasteiger partial charge is 0.368 e. The number of hydrogen-bond donors (Lipinski definition) is 2. The maximum atomic E-state index is 12.0. The van der Waals surface area contributed by atoms with Crippen LogP contribution in [0.1, 0.15) is 39.0 Å². The van der Waals surface area contributed by atoms with Crippen molar-refractivity contribution in [1.82, 2.24) is 5.32 Å². The number of nitrogens with one attached hydrogen (secondary N) is 1. The number of primary amides is 1. The smallest absolute Gasteiger partial charge is 0.238 e. The van der Waals surface area contributed by atoms with Crippen molar-refractivity contribution in [3.8, 4) is 0 Å². The van der Waals surface area contributed by atoms with Crippen LogP contribution in [0, 0.1) is 23.7 Å². The second-order valence-corrected chi connectivity index (χ2v) is 6.07. The van der Waals surface area contributed by atoms with Gasteiger partial charge in [-0.2, -0.15) is 0 Å². The Kier molecular flexibility index (Phi) is 2.29. The van der Waals surface area contributed by atoms with E-state index in [2.05, 4.69) is 12.2 Å². The van der Waals surface area contributed by atoms with E-state index in [-0.39, 0.29) is 11.4 Å². The van der Waals surface area contributed by atoms with Crippen LogP contribution in [-0.4, -0.2) is 18.0 Å². The van der Waals surface area contributed by atoms with Gasteiger partial charge < -0.3 is 11.1 Å². The summed E-state index contributed by atoms with van der Waals surface area (Å²) in [5.41, 5.74) is 5.38. The van der Waals surface area contributed by atoms with E-state index in [1.807, 2.05) is 0 Å². The predicted octanol–water partition coefficient (Wildman–Crippen LogP) is 1.28. The van der Waals surface area contributed by atoms with Crippen molar-refractivity contribution in [2.45, 2.75) is 44.6 Å². The number of amides is 1. The summed E-state index contributed by atoms with van der Waals surface area (Å²) in [5, 5.41) is 3.47. The number of nitrogens with two attached hydrogens (primary N) is 1. The fourth-order valence-electron chi connectivity index (χ4n) is 5.00. The summed E-state index contributed by atoms with van der Waals surface area (Å²) in [5.74, 6) is 2.70. The Labute approximate surface area is 97.2 Å². The van der Waals surface area contributed by atoms with Crippen molar-refractivity contribution in [3.05, 3.63) is 0 Å². The van der Waals surface area contributed by atoms with E-state index in [1.165, 1.54) is 32.1 Å². The van der Waals surface area contributed by atoms with Crippen molar-refractivity contribution in [2.24, 2.45) is 29.4 Å². The first-order valence-corrected chi connectivity index (χ1v) is 6.71. The second-order valence-electron chi connectivity index (χ2n) is 6.07. The van der Waals surface area contributed by atoms with Gasteiger partial charge in [0.15, 0.2) is 0 Å². The standard InChI is InChI=1S/C13H22N2O/c1-2-15-13(12(14)16)10-4-8-3-9(6-10)7-11(13)5-8/h8-11,15H,2-7H2,1H3,(H2,14,16). The molecule has 0 aromatic rings. The van der Waals surface area contributed by atoms with E-state index in [9.17, 15) is 4.79 Å². The van der Waals surface area contributed by atoms with Gasteiger partial charge in [0, 0.05) is 0 Å². The number of rotatable bonds is 3. The molecule has 3 N–H and O–H groups in total. The average molecular weight is 222 g/mol. The molecule has 4 aliphatic carbocycles. The van der Waals surface area contributed by atoms with E-state index in [4.69, 9.17) is 5.73 Å². The molecule has 0 spiro atoms. The number of carbonyl (C=O) groups is 1. The van der Waals surface area contributed by atoms with Crippen molar-refractivity contribution in [3.63, 3.8) is 0 Å². The highest BCUT2D eigenvalue weighted by Crippen LogP contribution is 2.58. The van der Waals surface area contributed by atoms with Gasteiger partial charge in [-0.25, -0.2) is 0 Å². The van der Waals surface area contributed by atoms with Crippen molar-refractivity contribution < 1.29 is 4.79 Å². The Bertz CT molecular complexity index is 285. The van der Waals surface area contributed by atoms with Gasteiger partial charge in [-0.15, -0.1) is 0 Å². The van der Waals surface area contributed by atoms with Gasteiger partial charge in [0.2, 0.25) is 5.91 Å². The summed E-state index contributed by atoms with van der Waals surface area (Å²) in [7, 11) is 0. The summed E-state index contributed by atoms with van der Waals surface area (Å²) in [6.45, 7) is 2.93. The topological polar surface area (TPSA) is 55.1 Å². The molecule has 0 aromatic heterocycles. The first-order chi connectivity index (χ1) is 7.66.